The average Bonchev–Trinajstić information content (AvgIpc) is 3.28. The molecule has 5 rings (SSSR count). The van der Waals surface area contributed by atoms with Gasteiger partial charge in [-0.2, -0.15) is 0 Å². The van der Waals surface area contributed by atoms with Gasteiger partial charge in [-0.25, -0.2) is 15.0 Å². The molecule has 3 aromatic heterocycles. The molecule has 0 aliphatic heterocycles. The van der Waals surface area contributed by atoms with E-state index in [9.17, 15) is 0 Å². The molecule has 1 N–H and O–H groups in total. The normalized spacial score (nSPS) is 11.3. The number of benzene rings is 2. The van der Waals surface area contributed by atoms with Gasteiger partial charge in [0.1, 0.15) is 18.5 Å². The Bertz CT molecular complexity index is 1230. The molecule has 0 atom stereocenters. The Morgan fingerprint density at radius 2 is 2.00 bits per heavy atom. The third-order valence-corrected chi connectivity index (χ3v) is 6.00. The number of hydrogen-bond acceptors (Lipinski definition) is 8. The Labute approximate surface area is 162 Å². The lowest BCUT2D eigenvalue weighted by atomic mass is 10.2. The van der Waals surface area contributed by atoms with E-state index in [1.807, 2.05) is 41.9 Å². The van der Waals surface area contributed by atoms with Gasteiger partial charge < -0.3 is 9.88 Å². The van der Waals surface area contributed by atoms with E-state index in [1.54, 1.807) is 35.8 Å². The fraction of sp³-hybridized carbons (Fsp3) is 0.0556. The van der Waals surface area contributed by atoms with Crippen LogP contribution in [-0.2, 0) is 7.05 Å². The second-order valence-corrected chi connectivity index (χ2v) is 7.91. The predicted octanol–water partition coefficient (Wildman–Crippen LogP) is 4.26. The number of aryl methyl sites for hydroxylation is 1. The highest BCUT2D eigenvalue weighted by Crippen LogP contribution is 2.33. The number of rotatable bonds is 4. The first kappa shape index (κ1) is 16.2. The Kier molecular flexibility index (Phi) is 3.95. The Morgan fingerprint density at radius 1 is 1.07 bits per heavy atom. The molecular weight excluding hydrogens is 378 g/mol. The molecule has 0 unspecified atom stereocenters. The van der Waals surface area contributed by atoms with Gasteiger partial charge in [-0.1, -0.05) is 23.5 Å². The summed E-state index contributed by atoms with van der Waals surface area (Å²) in [7, 11) is 1.92. The van der Waals surface area contributed by atoms with E-state index >= 15 is 0 Å². The van der Waals surface area contributed by atoms with Crippen LogP contribution >= 0.6 is 23.1 Å². The summed E-state index contributed by atoms with van der Waals surface area (Å²) in [6, 6.07) is 14.1. The van der Waals surface area contributed by atoms with Gasteiger partial charge in [-0.3, -0.25) is 0 Å². The predicted molar refractivity (Wildman–Crippen MR) is 108 cm³/mol. The number of hydrogen-bond donors (Lipinski definition) is 1. The van der Waals surface area contributed by atoms with Gasteiger partial charge in [0, 0.05) is 17.3 Å². The molecule has 0 saturated heterocycles. The van der Waals surface area contributed by atoms with Crippen LogP contribution in [0.3, 0.4) is 0 Å². The van der Waals surface area contributed by atoms with Crippen molar-refractivity contribution in [1.82, 2.24) is 29.7 Å². The SMILES string of the molecule is Cn1cnnc1Sc1ccc2ncnc(Nc3nc4ccccc4s3)c2c1. The molecule has 2 aromatic carbocycles. The van der Waals surface area contributed by atoms with Crippen molar-refractivity contribution in [3.63, 3.8) is 0 Å². The maximum Gasteiger partial charge on any atom is 0.195 e. The highest BCUT2D eigenvalue weighted by atomic mass is 32.2. The molecule has 5 aromatic rings. The zero-order valence-electron chi connectivity index (χ0n) is 14.2. The molecule has 0 aliphatic carbocycles. The van der Waals surface area contributed by atoms with Gasteiger partial charge in [0.2, 0.25) is 0 Å². The smallest absolute Gasteiger partial charge is 0.195 e. The maximum atomic E-state index is 4.63. The van der Waals surface area contributed by atoms with Crippen molar-refractivity contribution in [2.45, 2.75) is 10.1 Å². The van der Waals surface area contributed by atoms with Crippen molar-refractivity contribution in [2.24, 2.45) is 7.05 Å². The van der Waals surface area contributed by atoms with Crippen LogP contribution in [0.2, 0.25) is 0 Å². The van der Waals surface area contributed by atoms with E-state index in [1.165, 1.54) is 0 Å². The summed E-state index contributed by atoms with van der Waals surface area (Å²) in [6.45, 7) is 0. The van der Waals surface area contributed by atoms with E-state index in [-0.39, 0.29) is 0 Å². The monoisotopic (exact) mass is 391 g/mol. The van der Waals surface area contributed by atoms with Crippen molar-refractivity contribution >= 4 is 55.2 Å². The fourth-order valence-electron chi connectivity index (χ4n) is 2.70. The minimum atomic E-state index is 0.736. The largest absolute Gasteiger partial charge is 0.316 e. The average molecular weight is 391 g/mol. The maximum absolute atomic E-state index is 4.63. The van der Waals surface area contributed by atoms with E-state index in [4.69, 9.17) is 0 Å². The van der Waals surface area contributed by atoms with Crippen LogP contribution < -0.4 is 5.32 Å². The van der Waals surface area contributed by atoms with E-state index in [0.717, 1.165) is 42.1 Å². The number of nitrogens with one attached hydrogen (secondary N) is 1. The van der Waals surface area contributed by atoms with E-state index < -0.39 is 0 Å². The topological polar surface area (TPSA) is 81.4 Å². The van der Waals surface area contributed by atoms with Gasteiger partial charge in [0.25, 0.3) is 0 Å². The highest BCUT2D eigenvalue weighted by molar-refractivity contribution is 7.99. The molecule has 0 amide bonds. The zero-order chi connectivity index (χ0) is 18.2. The van der Waals surface area contributed by atoms with Gasteiger partial charge in [0.05, 0.1) is 15.7 Å². The molecule has 7 nitrogen and oxygen atoms in total. The molecule has 9 heteroatoms. The number of fused-ring (bicyclic) bond motifs is 2. The van der Waals surface area contributed by atoms with Crippen LogP contribution in [0.4, 0.5) is 10.9 Å². The lowest BCUT2D eigenvalue weighted by molar-refractivity contribution is 0.788. The summed E-state index contributed by atoms with van der Waals surface area (Å²) in [5.74, 6) is 0.736. The van der Waals surface area contributed by atoms with Gasteiger partial charge >= 0.3 is 0 Å². The third-order valence-electron chi connectivity index (χ3n) is 4.01. The summed E-state index contributed by atoms with van der Waals surface area (Å²) in [5.41, 5.74) is 1.85. The second-order valence-electron chi connectivity index (χ2n) is 5.84. The summed E-state index contributed by atoms with van der Waals surface area (Å²) < 4.78 is 3.02. The molecule has 0 radical (unpaired) electrons. The molecule has 0 spiro atoms. The number of anilines is 2. The molecule has 132 valence electrons. The first-order valence-electron chi connectivity index (χ1n) is 8.15. The van der Waals surface area contributed by atoms with Crippen LogP contribution in [0.15, 0.2) is 65.2 Å². The van der Waals surface area contributed by atoms with Crippen LogP contribution in [0.5, 0.6) is 0 Å². The van der Waals surface area contributed by atoms with Crippen molar-refractivity contribution in [2.75, 3.05) is 5.32 Å². The first-order chi connectivity index (χ1) is 13.3. The molecular formula is C18H13N7S2. The molecule has 0 saturated carbocycles. The van der Waals surface area contributed by atoms with E-state index in [2.05, 4.69) is 42.6 Å². The first-order valence-corrected chi connectivity index (χ1v) is 9.79. The fourth-order valence-corrected chi connectivity index (χ4v) is 4.36. The third kappa shape index (κ3) is 3.11. The van der Waals surface area contributed by atoms with Crippen molar-refractivity contribution in [1.29, 1.82) is 0 Å². The molecule has 27 heavy (non-hydrogen) atoms. The Balaban J connectivity index is 1.53. The minimum absolute atomic E-state index is 0.736. The highest BCUT2D eigenvalue weighted by Gasteiger charge is 2.10. The number of para-hydroxylation sites is 1. The van der Waals surface area contributed by atoms with Crippen LogP contribution in [0, 0.1) is 0 Å². The lowest BCUT2D eigenvalue weighted by Gasteiger charge is -2.07. The Hall–Kier alpha value is -3.04. The number of thiazole rings is 1. The van der Waals surface area contributed by atoms with Crippen molar-refractivity contribution in [3.8, 4) is 0 Å². The summed E-state index contributed by atoms with van der Waals surface area (Å²) in [6.07, 6.45) is 3.25. The molecule has 3 heterocycles. The standard InChI is InChI=1S/C18H13N7S2/c1-25-10-21-24-18(25)26-11-6-7-13-12(8-11)16(20-9-19-13)23-17-22-14-4-2-3-5-15(14)27-17/h2-10H,1H3,(H,19,20,22,23). The van der Waals surface area contributed by atoms with E-state index in [0.29, 0.717) is 0 Å². The summed E-state index contributed by atoms with van der Waals surface area (Å²) in [5, 5.41) is 14.0. The van der Waals surface area contributed by atoms with Crippen molar-refractivity contribution in [3.05, 3.63) is 55.1 Å². The van der Waals surface area contributed by atoms with Crippen LogP contribution in [-0.4, -0.2) is 29.7 Å². The number of aromatic nitrogens is 6. The Morgan fingerprint density at radius 3 is 2.85 bits per heavy atom. The molecule has 0 fully saturated rings. The second kappa shape index (κ2) is 6.60. The van der Waals surface area contributed by atoms with Gasteiger partial charge in [-0.15, -0.1) is 10.2 Å². The minimum Gasteiger partial charge on any atom is -0.316 e. The van der Waals surface area contributed by atoms with Gasteiger partial charge in [-0.05, 0) is 42.1 Å². The lowest BCUT2D eigenvalue weighted by Crippen LogP contribution is -1.96. The summed E-state index contributed by atoms with van der Waals surface area (Å²) >= 11 is 3.15. The molecule has 0 bridgehead atoms. The summed E-state index contributed by atoms with van der Waals surface area (Å²) in [4.78, 5) is 14.5. The quantitative estimate of drug-likeness (QED) is 0.490. The zero-order valence-corrected chi connectivity index (χ0v) is 15.8. The van der Waals surface area contributed by atoms with Crippen LogP contribution in [0.25, 0.3) is 21.1 Å². The van der Waals surface area contributed by atoms with Gasteiger partial charge in [0.15, 0.2) is 10.3 Å². The van der Waals surface area contributed by atoms with Crippen LogP contribution in [0.1, 0.15) is 0 Å². The van der Waals surface area contributed by atoms with Crippen molar-refractivity contribution < 1.29 is 0 Å². The number of nitrogens with zero attached hydrogens (tertiary/aromatic N) is 6. The molecule has 0 aliphatic rings.